The lowest BCUT2D eigenvalue weighted by atomic mass is 10.0. The third kappa shape index (κ3) is 3.52. The quantitative estimate of drug-likeness (QED) is 0.385. The highest BCUT2D eigenvalue weighted by molar-refractivity contribution is 6.34. The van der Waals surface area contributed by atoms with E-state index in [4.69, 9.17) is 32.0 Å². The molecule has 1 aliphatic rings. The van der Waals surface area contributed by atoms with Crippen LogP contribution in [-0.2, 0) is 4.74 Å². The fraction of sp³-hybridized carbons (Fsp3) is 0.462. The molecule has 1 fully saturated rings. The summed E-state index contributed by atoms with van der Waals surface area (Å²) in [5.74, 6) is 0.953. The summed E-state index contributed by atoms with van der Waals surface area (Å²) in [6, 6.07) is 5.21. The molecule has 104 valence electrons. The first-order chi connectivity index (χ1) is 9.22. The van der Waals surface area contributed by atoms with E-state index in [0.29, 0.717) is 28.9 Å². The second-order valence-corrected chi connectivity index (χ2v) is 4.87. The summed E-state index contributed by atoms with van der Waals surface area (Å²) in [6.07, 6.45) is 1.97. The van der Waals surface area contributed by atoms with Gasteiger partial charge in [-0.15, -0.1) is 0 Å². The zero-order valence-electron chi connectivity index (χ0n) is 10.5. The maximum atomic E-state index is 8.79. The minimum Gasteiger partial charge on any atom is -0.492 e. The average Bonchev–Trinajstić information content (AvgIpc) is 2.45. The van der Waals surface area contributed by atoms with Crippen molar-refractivity contribution >= 4 is 17.4 Å². The number of amidine groups is 1. The zero-order valence-corrected chi connectivity index (χ0v) is 11.3. The van der Waals surface area contributed by atoms with Crippen molar-refractivity contribution in [3.8, 4) is 5.75 Å². The summed E-state index contributed by atoms with van der Waals surface area (Å²) < 4.78 is 11.1. The SMILES string of the molecule is NC(=NO)c1c(Cl)cccc1OCC1CCOCC1. The number of benzene rings is 1. The number of rotatable bonds is 4. The predicted octanol–water partition coefficient (Wildman–Crippen LogP) is 2.24. The molecule has 0 atom stereocenters. The van der Waals surface area contributed by atoms with E-state index >= 15 is 0 Å². The molecule has 6 heteroatoms. The van der Waals surface area contributed by atoms with Crippen LogP contribution in [0.2, 0.25) is 5.02 Å². The molecule has 1 saturated heterocycles. The lowest BCUT2D eigenvalue weighted by molar-refractivity contribution is 0.0497. The lowest BCUT2D eigenvalue weighted by Crippen LogP contribution is -2.22. The Bertz CT molecular complexity index is 459. The van der Waals surface area contributed by atoms with Gasteiger partial charge in [-0.1, -0.05) is 22.8 Å². The normalized spacial score (nSPS) is 17.4. The van der Waals surface area contributed by atoms with Crippen LogP contribution in [0.5, 0.6) is 5.75 Å². The molecule has 0 spiro atoms. The molecule has 0 saturated carbocycles. The Hall–Kier alpha value is -1.46. The number of ether oxygens (including phenoxy) is 2. The molecule has 1 aromatic rings. The number of nitrogens with zero attached hydrogens (tertiary/aromatic N) is 1. The Kier molecular flexibility index (Phi) is 4.87. The van der Waals surface area contributed by atoms with Gasteiger partial charge in [0.1, 0.15) is 5.75 Å². The highest BCUT2D eigenvalue weighted by Gasteiger charge is 2.17. The van der Waals surface area contributed by atoms with Gasteiger partial charge in [-0.3, -0.25) is 0 Å². The Morgan fingerprint density at radius 2 is 2.21 bits per heavy atom. The van der Waals surface area contributed by atoms with Crippen molar-refractivity contribution in [1.82, 2.24) is 0 Å². The Balaban J connectivity index is 2.09. The lowest BCUT2D eigenvalue weighted by Gasteiger charge is -2.22. The predicted molar refractivity (Wildman–Crippen MR) is 73.0 cm³/mol. The number of hydrogen-bond acceptors (Lipinski definition) is 4. The molecule has 1 aromatic carbocycles. The second-order valence-electron chi connectivity index (χ2n) is 4.46. The maximum Gasteiger partial charge on any atom is 0.175 e. The van der Waals surface area contributed by atoms with E-state index in [9.17, 15) is 0 Å². The van der Waals surface area contributed by atoms with Crippen LogP contribution in [0.25, 0.3) is 0 Å². The van der Waals surface area contributed by atoms with Crippen molar-refractivity contribution in [2.24, 2.45) is 16.8 Å². The highest BCUT2D eigenvalue weighted by Crippen LogP contribution is 2.27. The summed E-state index contributed by atoms with van der Waals surface area (Å²) in [4.78, 5) is 0. The van der Waals surface area contributed by atoms with Gasteiger partial charge in [0.2, 0.25) is 0 Å². The van der Waals surface area contributed by atoms with Crippen molar-refractivity contribution in [1.29, 1.82) is 0 Å². The van der Waals surface area contributed by atoms with Crippen molar-refractivity contribution in [3.05, 3.63) is 28.8 Å². The molecule has 1 heterocycles. The first-order valence-corrected chi connectivity index (χ1v) is 6.57. The van der Waals surface area contributed by atoms with Crippen LogP contribution in [0.3, 0.4) is 0 Å². The Morgan fingerprint density at radius 1 is 1.47 bits per heavy atom. The monoisotopic (exact) mass is 284 g/mol. The minimum atomic E-state index is -0.0485. The van der Waals surface area contributed by atoms with Gasteiger partial charge in [0.25, 0.3) is 0 Å². The third-order valence-electron chi connectivity index (χ3n) is 3.15. The molecule has 0 unspecified atom stereocenters. The molecule has 19 heavy (non-hydrogen) atoms. The van der Waals surface area contributed by atoms with Crippen LogP contribution in [-0.4, -0.2) is 30.9 Å². The van der Waals surface area contributed by atoms with Crippen LogP contribution >= 0.6 is 11.6 Å². The van der Waals surface area contributed by atoms with E-state index in [2.05, 4.69) is 5.16 Å². The van der Waals surface area contributed by atoms with Crippen LogP contribution < -0.4 is 10.5 Å². The fourth-order valence-electron chi connectivity index (χ4n) is 2.04. The molecular weight excluding hydrogens is 268 g/mol. The van der Waals surface area contributed by atoms with E-state index < -0.39 is 0 Å². The van der Waals surface area contributed by atoms with E-state index in [-0.39, 0.29) is 5.84 Å². The Labute approximate surface area is 116 Å². The van der Waals surface area contributed by atoms with E-state index in [0.717, 1.165) is 26.1 Å². The molecular formula is C13H17ClN2O3. The summed E-state index contributed by atoms with van der Waals surface area (Å²) in [5.41, 5.74) is 6.05. The molecule has 3 N–H and O–H groups in total. The average molecular weight is 285 g/mol. The van der Waals surface area contributed by atoms with Crippen LogP contribution in [0.4, 0.5) is 0 Å². The van der Waals surface area contributed by atoms with Gasteiger partial charge in [-0.05, 0) is 30.9 Å². The second kappa shape index (κ2) is 6.63. The van der Waals surface area contributed by atoms with E-state index in [1.54, 1.807) is 18.2 Å². The molecule has 2 rings (SSSR count). The summed E-state index contributed by atoms with van der Waals surface area (Å²) >= 11 is 6.05. The van der Waals surface area contributed by atoms with E-state index in [1.807, 2.05) is 0 Å². The highest BCUT2D eigenvalue weighted by atomic mass is 35.5. The molecule has 1 aliphatic heterocycles. The molecule has 0 aliphatic carbocycles. The largest absolute Gasteiger partial charge is 0.492 e. The van der Waals surface area contributed by atoms with Crippen molar-refractivity contribution < 1.29 is 14.7 Å². The number of halogens is 1. The van der Waals surface area contributed by atoms with Gasteiger partial charge in [-0.25, -0.2) is 0 Å². The van der Waals surface area contributed by atoms with Crippen LogP contribution in [0.1, 0.15) is 18.4 Å². The van der Waals surface area contributed by atoms with Gasteiger partial charge in [0, 0.05) is 13.2 Å². The number of oxime groups is 1. The van der Waals surface area contributed by atoms with E-state index in [1.165, 1.54) is 0 Å². The van der Waals surface area contributed by atoms with Crippen LogP contribution in [0.15, 0.2) is 23.4 Å². The third-order valence-corrected chi connectivity index (χ3v) is 3.47. The molecule has 0 aromatic heterocycles. The molecule has 0 bridgehead atoms. The smallest absolute Gasteiger partial charge is 0.175 e. The Morgan fingerprint density at radius 3 is 2.89 bits per heavy atom. The van der Waals surface area contributed by atoms with Crippen molar-refractivity contribution in [3.63, 3.8) is 0 Å². The fourth-order valence-corrected chi connectivity index (χ4v) is 2.31. The first kappa shape index (κ1) is 14.0. The number of hydrogen-bond donors (Lipinski definition) is 2. The van der Waals surface area contributed by atoms with Gasteiger partial charge in [0.05, 0.1) is 17.2 Å². The van der Waals surface area contributed by atoms with Gasteiger partial charge < -0.3 is 20.4 Å². The zero-order chi connectivity index (χ0) is 13.7. The van der Waals surface area contributed by atoms with Gasteiger partial charge in [0.15, 0.2) is 5.84 Å². The van der Waals surface area contributed by atoms with Gasteiger partial charge in [-0.2, -0.15) is 0 Å². The van der Waals surface area contributed by atoms with Crippen LogP contribution in [0, 0.1) is 5.92 Å². The summed E-state index contributed by atoms with van der Waals surface area (Å²) in [6.45, 7) is 2.13. The minimum absolute atomic E-state index is 0.0485. The summed E-state index contributed by atoms with van der Waals surface area (Å²) in [7, 11) is 0. The molecule has 0 radical (unpaired) electrons. The summed E-state index contributed by atoms with van der Waals surface area (Å²) in [5, 5.41) is 12.2. The van der Waals surface area contributed by atoms with Gasteiger partial charge >= 0.3 is 0 Å². The number of nitrogens with two attached hydrogens (primary N) is 1. The van der Waals surface area contributed by atoms with Crippen molar-refractivity contribution in [2.45, 2.75) is 12.8 Å². The molecule has 5 nitrogen and oxygen atoms in total. The van der Waals surface area contributed by atoms with Crippen molar-refractivity contribution in [2.75, 3.05) is 19.8 Å². The maximum absolute atomic E-state index is 8.79. The molecule has 0 amide bonds. The standard InChI is InChI=1S/C13H17ClN2O3/c14-10-2-1-3-11(12(10)13(15)16-17)19-8-9-4-6-18-7-5-9/h1-3,9,17H,4-8H2,(H2,15,16). The topological polar surface area (TPSA) is 77.1 Å². The first-order valence-electron chi connectivity index (χ1n) is 6.19.